The Kier molecular flexibility index (Phi) is 7.11. The molecule has 0 unspecified atom stereocenters. The Morgan fingerprint density at radius 1 is 0.304 bits per heavy atom. The number of benzene rings is 8. The van der Waals surface area contributed by atoms with Gasteiger partial charge in [-0.3, -0.25) is 0 Å². The van der Waals surface area contributed by atoms with E-state index in [1.165, 1.54) is 55.6 Å². The molecule has 9 aromatic rings. The SMILES string of the molecule is CC1(C)c2ccccc2C2(c3ccccc3-c3cc(-c4ccc(-c5nc(-c6ccccc6)nc(-c6ccccc6)n5)c5ccccc45)ccc32)c2ccccc21. The fraction of sp³-hybridized carbons (Fsp3) is 0.0755. The quantitative estimate of drug-likeness (QED) is 0.182. The number of nitrogens with zero attached hydrogens (tertiary/aromatic N) is 3. The largest absolute Gasteiger partial charge is 0.208 e. The van der Waals surface area contributed by atoms with Crippen molar-refractivity contribution in [2.75, 3.05) is 0 Å². The van der Waals surface area contributed by atoms with E-state index in [0.717, 1.165) is 27.5 Å². The minimum atomic E-state index is -0.412. The molecule has 8 aromatic carbocycles. The lowest BCUT2D eigenvalue weighted by atomic mass is 9.55. The number of hydrogen-bond donors (Lipinski definition) is 0. The van der Waals surface area contributed by atoms with Gasteiger partial charge in [0, 0.05) is 22.1 Å². The lowest BCUT2D eigenvalue weighted by Gasteiger charge is -2.46. The molecule has 2 aliphatic carbocycles. The highest BCUT2D eigenvalue weighted by Gasteiger charge is 2.53. The summed E-state index contributed by atoms with van der Waals surface area (Å²) in [5.74, 6) is 1.97. The molecule has 264 valence electrons. The molecule has 0 saturated heterocycles. The third-order valence-corrected chi connectivity index (χ3v) is 12.2. The van der Waals surface area contributed by atoms with Crippen LogP contribution in [0.2, 0.25) is 0 Å². The maximum absolute atomic E-state index is 5.10. The molecule has 0 N–H and O–H groups in total. The Labute approximate surface area is 327 Å². The summed E-state index contributed by atoms with van der Waals surface area (Å²) in [6.45, 7) is 4.75. The third kappa shape index (κ3) is 4.61. The number of hydrogen-bond acceptors (Lipinski definition) is 3. The summed E-state index contributed by atoms with van der Waals surface area (Å²) in [5, 5.41) is 2.26. The summed E-state index contributed by atoms with van der Waals surface area (Å²) in [4.78, 5) is 15.1. The second-order valence-corrected chi connectivity index (χ2v) is 15.5. The number of aromatic nitrogens is 3. The van der Waals surface area contributed by atoms with E-state index in [-0.39, 0.29) is 5.41 Å². The van der Waals surface area contributed by atoms with Crippen LogP contribution in [-0.4, -0.2) is 15.0 Å². The Morgan fingerprint density at radius 2 is 0.750 bits per heavy atom. The first-order valence-electron chi connectivity index (χ1n) is 19.4. The van der Waals surface area contributed by atoms with Gasteiger partial charge in [0.15, 0.2) is 17.5 Å². The molecule has 2 aliphatic rings. The van der Waals surface area contributed by atoms with Crippen LogP contribution in [-0.2, 0) is 10.8 Å². The molecule has 11 rings (SSSR count). The van der Waals surface area contributed by atoms with Crippen molar-refractivity contribution in [3.8, 4) is 56.4 Å². The summed E-state index contributed by atoms with van der Waals surface area (Å²) in [7, 11) is 0. The van der Waals surface area contributed by atoms with Crippen LogP contribution in [0, 0.1) is 0 Å². The van der Waals surface area contributed by atoms with Crippen LogP contribution < -0.4 is 0 Å². The summed E-state index contributed by atoms with van der Waals surface area (Å²) < 4.78 is 0. The summed E-state index contributed by atoms with van der Waals surface area (Å²) in [6.07, 6.45) is 0. The number of fused-ring (bicyclic) bond motifs is 10. The lowest BCUT2D eigenvalue weighted by molar-refractivity contribution is 0.563. The number of rotatable bonds is 4. The van der Waals surface area contributed by atoms with Crippen LogP contribution in [0.5, 0.6) is 0 Å². The Balaban J connectivity index is 1.11. The lowest BCUT2D eigenvalue weighted by Crippen LogP contribution is -2.40. The van der Waals surface area contributed by atoms with Gasteiger partial charge in [0.05, 0.1) is 5.41 Å². The first-order valence-corrected chi connectivity index (χ1v) is 19.4. The summed E-state index contributed by atoms with van der Waals surface area (Å²) >= 11 is 0. The molecule has 0 amide bonds. The van der Waals surface area contributed by atoms with Crippen molar-refractivity contribution in [3.05, 3.63) is 221 Å². The summed E-state index contributed by atoms with van der Waals surface area (Å²) in [5.41, 5.74) is 15.5. The van der Waals surface area contributed by atoms with Crippen LogP contribution in [0.1, 0.15) is 47.2 Å². The fourth-order valence-corrected chi connectivity index (χ4v) is 9.71. The molecule has 0 fully saturated rings. The van der Waals surface area contributed by atoms with Crippen molar-refractivity contribution in [3.63, 3.8) is 0 Å². The minimum Gasteiger partial charge on any atom is -0.208 e. The van der Waals surface area contributed by atoms with E-state index in [4.69, 9.17) is 15.0 Å². The van der Waals surface area contributed by atoms with Crippen molar-refractivity contribution in [1.29, 1.82) is 0 Å². The molecule has 1 aromatic heterocycles. The van der Waals surface area contributed by atoms with Gasteiger partial charge in [-0.05, 0) is 78.5 Å². The monoisotopic (exact) mass is 715 g/mol. The average Bonchev–Trinajstić information content (AvgIpc) is 3.56. The highest BCUT2D eigenvalue weighted by atomic mass is 15.0. The highest BCUT2D eigenvalue weighted by Crippen LogP contribution is 2.62. The second kappa shape index (κ2) is 12.3. The average molecular weight is 716 g/mol. The van der Waals surface area contributed by atoms with Crippen molar-refractivity contribution < 1.29 is 0 Å². The van der Waals surface area contributed by atoms with E-state index in [2.05, 4.69) is 166 Å². The van der Waals surface area contributed by atoms with Crippen molar-refractivity contribution in [2.45, 2.75) is 24.7 Å². The molecule has 3 heteroatoms. The van der Waals surface area contributed by atoms with Gasteiger partial charge in [-0.1, -0.05) is 190 Å². The molecular weight excluding hydrogens is 679 g/mol. The van der Waals surface area contributed by atoms with Crippen LogP contribution in [0.4, 0.5) is 0 Å². The molecule has 0 saturated carbocycles. The first-order chi connectivity index (χ1) is 27.5. The molecule has 0 radical (unpaired) electrons. The first kappa shape index (κ1) is 32.5. The zero-order valence-electron chi connectivity index (χ0n) is 31.2. The van der Waals surface area contributed by atoms with E-state index < -0.39 is 5.41 Å². The predicted molar refractivity (Wildman–Crippen MR) is 229 cm³/mol. The van der Waals surface area contributed by atoms with Crippen LogP contribution in [0.25, 0.3) is 67.2 Å². The van der Waals surface area contributed by atoms with Crippen molar-refractivity contribution in [1.82, 2.24) is 15.0 Å². The van der Waals surface area contributed by atoms with Gasteiger partial charge in [0.2, 0.25) is 0 Å². The van der Waals surface area contributed by atoms with Gasteiger partial charge >= 0.3 is 0 Å². The van der Waals surface area contributed by atoms with Crippen LogP contribution >= 0.6 is 0 Å². The van der Waals surface area contributed by atoms with Gasteiger partial charge in [-0.25, -0.2) is 15.0 Å². The van der Waals surface area contributed by atoms with Crippen LogP contribution in [0.15, 0.2) is 188 Å². The maximum Gasteiger partial charge on any atom is 0.164 e. The Morgan fingerprint density at radius 3 is 1.36 bits per heavy atom. The van der Waals surface area contributed by atoms with Crippen molar-refractivity contribution >= 4 is 10.8 Å². The molecular formula is C53H37N3. The molecule has 0 bridgehead atoms. The van der Waals surface area contributed by atoms with Crippen LogP contribution in [0.3, 0.4) is 0 Å². The smallest absolute Gasteiger partial charge is 0.164 e. The Hall–Kier alpha value is -6.97. The van der Waals surface area contributed by atoms with E-state index in [1.54, 1.807) is 0 Å². The van der Waals surface area contributed by atoms with Gasteiger partial charge in [-0.15, -0.1) is 0 Å². The van der Waals surface area contributed by atoms with Gasteiger partial charge in [0.25, 0.3) is 0 Å². The van der Waals surface area contributed by atoms with Gasteiger partial charge in [-0.2, -0.15) is 0 Å². The minimum absolute atomic E-state index is 0.126. The van der Waals surface area contributed by atoms with E-state index in [0.29, 0.717) is 17.5 Å². The summed E-state index contributed by atoms with van der Waals surface area (Å²) in [6, 6.07) is 67.9. The Bertz CT molecular complexity index is 2890. The fourth-order valence-electron chi connectivity index (χ4n) is 9.71. The molecule has 0 atom stereocenters. The molecule has 0 aliphatic heterocycles. The molecule has 1 spiro atoms. The van der Waals surface area contributed by atoms with E-state index in [1.807, 2.05) is 36.4 Å². The predicted octanol–water partition coefficient (Wildman–Crippen LogP) is 12.7. The third-order valence-electron chi connectivity index (χ3n) is 12.2. The zero-order valence-corrected chi connectivity index (χ0v) is 31.2. The highest BCUT2D eigenvalue weighted by molar-refractivity contribution is 6.05. The second-order valence-electron chi connectivity index (χ2n) is 15.5. The molecule has 3 nitrogen and oxygen atoms in total. The van der Waals surface area contributed by atoms with Crippen molar-refractivity contribution in [2.24, 2.45) is 0 Å². The standard InChI is InChI=1S/C53H37N3/c1-52(2)45-25-13-15-27-47(45)53(48-28-16-14-26-46(48)52)43-24-12-11-23-40(43)42-33-36(29-32-44(42)53)37-30-31-41(39-22-10-9-21-38(37)39)51-55-49(34-17-5-3-6-18-34)54-50(56-51)35-19-7-4-8-20-35/h3-33H,1-2H3. The molecule has 56 heavy (non-hydrogen) atoms. The van der Waals surface area contributed by atoms with E-state index in [9.17, 15) is 0 Å². The normalized spacial score (nSPS) is 14.2. The van der Waals surface area contributed by atoms with E-state index >= 15 is 0 Å². The maximum atomic E-state index is 5.10. The molecule has 1 heterocycles. The zero-order chi connectivity index (χ0) is 37.4. The topological polar surface area (TPSA) is 38.7 Å². The van der Waals surface area contributed by atoms with Gasteiger partial charge < -0.3 is 0 Å². The van der Waals surface area contributed by atoms with Gasteiger partial charge in [0.1, 0.15) is 0 Å².